The van der Waals surface area contributed by atoms with Crippen molar-refractivity contribution >= 4 is 17.7 Å². The Balaban J connectivity index is 1.55. The summed E-state index contributed by atoms with van der Waals surface area (Å²) >= 11 is 2.06. The number of rotatable bonds is 5. The minimum absolute atomic E-state index is 0.192. The second kappa shape index (κ2) is 8.85. The van der Waals surface area contributed by atoms with E-state index in [0.717, 1.165) is 12.5 Å². The number of hydrogen-bond acceptors (Lipinski definition) is 3. The van der Waals surface area contributed by atoms with Gasteiger partial charge in [-0.15, -0.1) is 0 Å². The molecule has 2 N–H and O–H groups in total. The fourth-order valence-corrected chi connectivity index (χ4v) is 4.25. The van der Waals surface area contributed by atoms with E-state index in [-0.39, 0.29) is 5.91 Å². The molecule has 1 amide bonds. The molecule has 0 aromatic rings. The van der Waals surface area contributed by atoms with E-state index in [1.165, 1.54) is 62.9 Å². The average molecular weight is 284 g/mol. The van der Waals surface area contributed by atoms with Gasteiger partial charge < -0.3 is 10.6 Å². The topological polar surface area (TPSA) is 41.1 Å². The zero-order chi connectivity index (χ0) is 13.3. The summed E-state index contributed by atoms with van der Waals surface area (Å²) in [7, 11) is 0. The van der Waals surface area contributed by atoms with Crippen molar-refractivity contribution < 1.29 is 4.79 Å². The number of carbonyl (C=O) groups is 1. The van der Waals surface area contributed by atoms with Crippen LogP contribution < -0.4 is 10.6 Å². The molecule has 1 heterocycles. The quantitative estimate of drug-likeness (QED) is 0.762. The highest BCUT2D eigenvalue weighted by Crippen LogP contribution is 2.21. The molecule has 0 radical (unpaired) electrons. The van der Waals surface area contributed by atoms with Crippen molar-refractivity contribution in [1.82, 2.24) is 10.6 Å². The van der Waals surface area contributed by atoms with Crippen LogP contribution in [0.25, 0.3) is 0 Å². The third kappa shape index (κ3) is 6.17. The van der Waals surface area contributed by atoms with E-state index in [2.05, 4.69) is 22.4 Å². The second-order valence-electron chi connectivity index (χ2n) is 5.94. The van der Waals surface area contributed by atoms with E-state index in [0.29, 0.717) is 12.6 Å². The molecule has 4 heteroatoms. The summed E-state index contributed by atoms with van der Waals surface area (Å²) in [5.74, 6) is 3.56. The van der Waals surface area contributed by atoms with Crippen molar-refractivity contribution in [1.29, 1.82) is 0 Å². The molecule has 2 rings (SSSR count). The van der Waals surface area contributed by atoms with Crippen molar-refractivity contribution in [3.05, 3.63) is 0 Å². The summed E-state index contributed by atoms with van der Waals surface area (Å²) in [5.41, 5.74) is 0. The van der Waals surface area contributed by atoms with Crippen molar-refractivity contribution in [2.45, 2.75) is 57.4 Å². The zero-order valence-electron chi connectivity index (χ0n) is 12.0. The first kappa shape index (κ1) is 15.2. The Morgan fingerprint density at radius 3 is 2.37 bits per heavy atom. The van der Waals surface area contributed by atoms with Gasteiger partial charge in [-0.25, -0.2) is 0 Å². The molecule has 1 aliphatic heterocycles. The van der Waals surface area contributed by atoms with Gasteiger partial charge in [0.15, 0.2) is 0 Å². The molecule has 3 nitrogen and oxygen atoms in total. The van der Waals surface area contributed by atoms with Gasteiger partial charge in [0.05, 0.1) is 6.54 Å². The van der Waals surface area contributed by atoms with Crippen LogP contribution in [0.1, 0.15) is 51.4 Å². The Morgan fingerprint density at radius 1 is 1.00 bits per heavy atom. The fraction of sp³-hybridized carbons (Fsp3) is 0.933. The van der Waals surface area contributed by atoms with Gasteiger partial charge in [0, 0.05) is 6.04 Å². The van der Waals surface area contributed by atoms with Crippen LogP contribution in [0, 0.1) is 5.92 Å². The number of carbonyl (C=O) groups excluding carboxylic acids is 1. The van der Waals surface area contributed by atoms with Crippen molar-refractivity contribution in [3.8, 4) is 0 Å². The molecule has 0 aromatic carbocycles. The zero-order valence-corrected chi connectivity index (χ0v) is 12.8. The van der Waals surface area contributed by atoms with Gasteiger partial charge >= 0.3 is 0 Å². The summed E-state index contributed by atoms with van der Waals surface area (Å²) in [6.07, 6.45) is 10.2. The molecule has 0 aromatic heterocycles. The first-order chi connectivity index (χ1) is 9.34. The van der Waals surface area contributed by atoms with Crippen molar-refractivity contribution in [3.63, 3.8) is 0 Å². The highest BCUT2D eigenvalue weighted by molar-refractivity contribution is 7.99. The van der Waals surface area contributed by atoms with Crippen LogP contribution in [0.15, 0.2) is 0 Å². The lowest BCUT2D eigenvalue weighted by molar-refractivity contribution is -0.121. The van der Waals surface area contributed by atoms with Crippen LogP contribution in [0.4, 0.5) is 0 Å². The summed E-state index contributed by atoms with van der Waals surface area (Å²) in [5, 5.41) is 6.53. The molecule has 0 bridgehead atoms. The van der Waals surface area contributed by atoms with Crippen LogP contribution in [-0.4, -0.2) is 36.5 Å². The molecular weight excluding hydrogens is 256 g/mol. The molecular formula is C15H28N2OS. The summed E-state index contributed by atoms with van der Waals surface area (Å²) in [6.45, 7) is 1.51. The molecule has 1 saturated carbocycles. The van der Waals surface area contributed by atoms with E-state index in [1.807, 2.05) is 0 Å². The van der Waals surface area contributed by atoms with E-state index in [9.17, 15) is 4.79 Å². The van der Waals surface area contributed by atoms with Gasteiger partial charge in [0.25, 0.3) is 0 Å². The van der Waals surface area contributed by atoms with E-state index < -0.39 is 0 Å². The number of amides is 1. The molecule has 110 valence electrons. The minimum atomic E-state index is 0.192. The van der Waals surface area contributed by atoms with Gasteiger partial charge in [-0.05, 0) is 49.7 Å². The molecule has 1 aliphatic carbocycles. The highest BCUT2D eigenvalue weighted by Gasteiger charge is 2.16. The maximum absolute atomic E-state index is 11.9. The third-order valence-corrected chi connectivity index (χ3v) is 5.33. The summed E-state index contributed by atoms with van der Waals surface area (Å²) in [4.78, 5) is 11.9. The predicted molar refractivity (Wildman–Crippen MR) is 82.6 cm³/mol. The molecule has 0 unspecified atom stereocenters. The lowest BCUT2D eigenvalue weighted by Gasteiger charge is -2.22. The van der Waals surface area contributed by atoms with Gasteiger partial charge in [-0.1, -0.05) is 25.7 Å². The molecule has 19 heavy (non-hydrogen) atoms. The summed E-state index contributed by atoms with van der Waals surface area (Å²) in [6, 6.07) is 0.433. The highest BCUT2D eigenvalue weighted by atomic mass is 32.2. The SMILES string of the molecule is O=C(CNCC1CCSCC1)NC1CCCCCC1. The number of hydrogen-bond donors (Lipinski definition) is 2. The van der Waals surface area contributed by atoms with E-state index in [1.54, 1.807) is 0 Å². The van der Waals surface area contributed by atoms with Crippen LogP contribution in [0.5, 0.6) is 0 Å². The third-order valence-electron chi connectivity index (χ3n) is 4.28. The van der Waals surface area contributed by atoms with Gasteiger partial charge in [0.1, 0.15) is 0 Å². The molecule has 2 aliphatic rings. The van der Waals surface area contributed by atoms with E-state index >= 15 is 0 Å². The normalized spacial score (nSPS) is 22.9. The van der Waals surface area contributed by atoms with Crippen LogP contribution in [-0.2, 0) is 4.79 Å². The van der Waals surface area contributed by atoms with Crippen LogP contribution >= 0.6 is 11.8 Å². The van der Waals surface area contributed by atoms with Crippen LogP contribution in [0.2, 0.25) is 0 Å². The maximum atomic E-state index is 11.9. The Bertz CT molecular complexity index is 259. The Morgan fingerprint density at radius 2 is 1.68 bits per heavy atom. The smallest absolute Gasteiger partial charge is 0.234 e. The molecule has 2 fully saturated rings. The van der Waals surface area contributed by atoms with Gasteiger partial charge in [0.2, 0.25) is 5.91 Å². The minimum Gasteiger partial charge on any atom is -0.352 e. The first-order valence-corrected chi connectivity index (χ1v) is 9.08. The Hall–Kier alpha value is -0.220. The number of thioether (sulfide) groups is 1. The lowest BCUT2D eigenvalue weighted by Crippen LogP contribution is -2.41. The summed E-state index contributed by atoms with van der Waals surface area (Å²) < 4.78 is 0. The first-order valence-electron chi connectivity index (χ1n) is 7.92. The van der Waals surface area contributed by atoms with Gasteiger partial charge in [-0.2, -0.15) is 11.8 Å². The standard InChI is InChI=1S/C15H28N2OS/c18-15(17-14-5-3-1-2-4-6-14)12-16-11-13-7-9-19-10-8-13/h13-14,16H,1-12H2,(H,17,18). The van der Waals surface area contributed by atoms with Crippen molar-refractivity contribution in [2.24, 2.45) is 5.92 Å². The molecule has 0 atom stereocenters. The van der Waals surface area contributed by atoms with E-state index in [4.69, 9.17) is 0 Å². The van der Waals surface area contributed by atoms with Crippen LogP contribution in [0.3, 0.4) is 0 Å². The predicted octanol–water partition coefficient (Wildman–Crippen LogP) is 2.56. The lowest BCUT2D eigenvalue weighted by atomic mass is 10.0. The second-order valence-corrected chi connectivity index (χ2v) is 7.17. The van der Waals surface area contributed by atoms with Crippen molar-refractivity contribution in [2.75, 3.05) is 24.6 Å². The van der Waals surface area contributed by atoms with Gasteiger partial charge in [-0.3, -0.25) is 4.79 Å². The molecule has 0 spiro atoms. The fourth-order valence-electron chi connectivity index (χ4n) is 3.04. The maximum Gasteiger partial charge on any atom is 0.234 e. The monoisotopic (exact) mass is 284 g/mol. The average Bonchev–Trinajstić information content (AvgIpc) is 2.68. The largest absolute Gasteiger partial charge is 0.352 e. The molecule has 1 saturated heterocycles. The Kier molecular flexibility index (Phi) is 7.07. The number of nitrogens with one attached hydrogen (secondary N) is 2. The Labute approximate surface area is 121 Å².